The fourth-order valence-corrected chi connectivity index (χ4v) is 2.54. The molecule has 0 atom stereocenters. The summed E-state index contributed by atoms with van der Waals surface area (Å²) < 4.78 is 5.96. The van der Waals surface area contributed by atoms with Gasteiger partial charge in [0.2, 0.25) is 0 Å². The molecule has 1 fully saturated rings. The van der Waals surface area contributed by atoms with Crippen LogP contribution in [0.1, 0.15) is 38.2 Å². The zero-order chi connectivity index (χ0) is 12.3. The van der Waals surface area contributed by atoms with Crippen molar-refractivity contribution in [3.8, 4) is 5.75 Å². The number of nitrogens with two attached hydrogens (primary N) is 1. The molecule has 3 heteroatoms. The summed E-state index contributed by atoms with van der Waals surface area (Å²) in [6.07, 6.45) is 5.10. The van der Waals surface area contributed by atoms with Gasteiger partial charge in [-0.05, 0) is 49.3 Å². The second-order valence-corrected chi connectivity index (χ2v) is 5.38. The molecule has 0 heterocycles. The predicted molar refractivity (Wildman–Crippen MR) is 71.4 cm³/mol. The summed E-state index contributed by atoms with van der Waals surface area (Å²) in [5.74, 6) is 1.63. The van der Waals surface area contributed by atoms with Gasteiger partial charge in [-0.1, -0.05) is 24.6 Å². The van der Waals surface area contributed by atoms with E-state index in [4.69, 9.17) is 22.1 Å². The molecule has 0 spiro atoms. The lowest BCUT2D eigenvalue weighted by Gasteiger charge is -2.27. The highest BCUT2D eigenvalue weighted by atomic mass is 35.5. The third-order valence-corrected chi connectivity index (χ3v) is 3.78. The van der Waals surface area contributed by atoms with Crippen LogP contribution in [0.5, 0.6) is 5.75 Å². The first kappa shape index (κ1) is 12.7. The lowest BCUT2D eigenvalue weighted by atomic mass is 9.89. The van der Waals surface area contributed by atoms with Crippen molar-refractivity contribution < 1.29 is 4.74 Å². The van der Waals surface area contributed by atoms with Crippen molar-refractivity contribution in [3.05, 3.63) is 28.8 Å². The average molecular weight is 254 g/mol. The summed E-state index contributed by atoms with van der Waals surface area (Å²) in [7, 11) is 0. The first-order chi connectivity index (χ1) is 8.19. The molecule has 0 bridgehead atoms. The Morgan fingerprint density at radius 3 is 2.59 bits per heavy atom. The third kappa shape index (κ3) is 3.36. The van der Waals surface area contributed by atoms with Gasteiger partial charge in [0.15, 0.2) is 0 Å². The second-order valence-electron chi connectivity index (χ2n) is 4.97. The smallest absolute Gasteiger partial charge is 0.138 e. The van der Waals surface area contributed by atoms with Crippen molar-refractivity contribution in [2.45, 2.75) is 45.3 Å². The molecule has 0 saturated heterocycles. The molecule has 1 aromatic rings. The SMILES string of the molecule is CC1CCC(Oc2ccc(CN)cc2Cl)CC1. The van der Waals surface area contributed by atoms with Crippen LogP contribution in [0.25, 0.3) is 0 Å². The van der Waals surface area contributed by atoms with Gasteiger partial charge >= 0.3 is 0 Å². The van der Waals surface area contributed by atoms with Crippen molar-refractivity contribution in [1.29, 1.82) is 0 Å². The highest BCUT2D eigenvalue weighted by molar-refractivity contribution is 6.32. The van der Waals surface area contributed by atoms with Crippen molar-refractivity contribution >= 4 is 11.6 Å². The average Bonchev–Trinajstić information content (AvgIpc) is 2.34. The molecule has 1 saturated carbocycles. The van der Waals surface area contributed by atoms with Gasteiger partial charge in [0, 0.05) is 6.54 Å². The normalized spacial score (nSPS) is 24.6. The van der Waals surface area contributed by atoms with Crippen molar-refractivity contribution in [2.24, 2.45) is 11.7 Å². The van der Waals surface area contributed by atoms with E-state index in [9.17, 15) is 0 Å². The second kappa shape index (κ2) is 5.74. The predicted octanol–water partition coefficient (Wildman–Crippen LogP) is 3.76. The van der Waals surface area contributed by atoms with Gasteiger partial charge in [-0.3, -0.25) is 0 Å². The molecule has 94 valence electrons. The molecule has 2 nitrogen and oxygen atoms in total. The molecule has 2 rings (SSSR count). The fourth-order valence-electron chi connectivity index (χ4n) is 2.29. The Morgan fingerprint density at radius 1 is 1.29 bits per heavy atom. The van der Waals surface area contributed by atoms with E-state index in [1.54, 1.807) is 0 Å². The van der Waals surface area contributed by atoms with Gasteiger partial charge in [0.1, 0.15) is 5.75 Å². The monoisotopic (exact) mass is 253 g/mol. The highest BCUT2D eigenvalue weighted by Crippen LogP contribution is 2.31. The maximum absolute atomic E-state index is 6.18. The van der Waals surface area contributed by atoms with E-state index < -0.39 is 0 Å². The van der Waals surface area contributed by atoms with Crippen LogP contribution in [0.3, 0.4) is 0 Å². The Kier molecular flexibility index (Phi) is 4.30. The molecule has 2 N–H and O–H groups in total. The van der Waals surface area contributed by atoms with Crippen LogP contribution in [0.4, 0.5) is 0 Å². The van der Waals surface area contributed by atoms with Crippen molar-refractivity contribution in [1.82, 2.24) is 0 Å². The fraction of sp³-hybridized carbons (Fsp3) is 0.571. The summed E-state index contributed by atoms with van der Waals surface area (Å²) in [5.41, 5.74) is 6.61. The minimum atomic E-state index is 0.326. The number of benzene rings is 1. The van der Waals surface area contributed by atoms with Gasteiger partial charge in [-0.25, -0.2) is 0 Å². The van der Waals surface area contributed by atoms with E-state index in [1.807, 2.05) is 18.2 Å². The minimum Gasteiger partial charge on any atom is -0.489 e. The van der Waals surface area contributed by atoms with Crippen LogP contribution < -0.4 is 10.5 Å². The first-order valence-corrected chi connectivity index (χ1v) is 6.72. The molecule has 1 aliphatic carbocycles. The van der Waals surface area contributed by atoms with Crippen LogP contribution in [0, 0.1) is 5.92 Å². The highest BCUT2D eigenvalue weighted by Gasteiger charge is 2.20. The third-order valence-electron chi connectivity index (χ3n) is 3.49. The number of rotatable bonds is 3. The summed E-state index contributed by atoms with van der Waals surface area (Å²) in [6.45, 7) is 2.82. The molecule has 0 radical (unpaired) electrons. The van der Waals surface area contributed by atoms with Crippen LogP contribution in [-0.4, -0.2) is 6.10 Å². The Labute approximate surface area is 108 Å². The standard InChI is InChI=1S/C14H20ClNO/c1-10-2-5-12(6-3-10)17-14-7-4-11(9-16)8-13(14)15/h4,7-8,10,12H,2-3,5-6,9,16H2,1H3. The summed E-state index contributed by atoms with van der Waals surface area (Å²) in [5, 5.41) is 0.673. The first-order valence-electron chi connectivity index (χ1n) is 6.34. The Hall–Kier alpha value is -0.730. The van der Waals surface area contributed by atoms with E-state index in [1.165, 1.54) is 12.8 Å². The molecule has 17 heavy (non-hydrogen) atoms. The van der Waals surface area contributed by atoms with E-state index in [0.717, 1.165) is 30.1 Å². The Balaban J connectivity index is 1.99. The molecule has 0 aromatic heterocycles. The Bertz CT molecular complexity index is 372. The lowest BCUT2D eigenvalue weighted by Crippen LogP contribution is -2.23. The van der Waals surface area contributed by atoms with Gasteiger partial charge in [0.25, 0.3) is 0 Å². The van der Waals surface area contributed by atoms with E-state index in [2.05, 4.69) is 6.92 Å². The molecule has 0 unspecified atom stereocenters. The number of halogens is 1. The van der Waals surface area contributed by atoms with Gasteiger partial charge in [-0.2, -0.15) is 0 Å². The van der Waals surface area contributed by atoms with E-state index in [0.29, 0.717) is 17.7 Å². The zero-order valence-corrected chi connectivity index (χ0v) is 11.0. The molecular weight excluding hydrogens is 234 g/mol. The van der Waals surface area contributed by atoms with Crippen LogP contribution in [-0.2, 0) is 6.54 Å². The largest absolute Gasteiger partial charge is 0.489 e. The molecule has 1 aliphatic rings. The minimum absolute atomic E-state index is 0.326. The molecule has 0 aliphatic heterocycles. The zero-order valence-electron chi connectivity index (χ0n) is 10.3. The summed E-state index contributed by atoms with van der Waals surface area (Å²) >= 11 is 6.18. The summed E-state index contributed by atoms with van der Waals surface area (Å²) in [4.78, 5) is 0. The van der Waals surface area contributed by atoms with Gasteiger partial charge in [-0.15, -0.1) is 0 Å². The maximum atomic E-state index is 6.18. The lowest BCUT2D eigenvalue weighted by molar-refractivity contribution is 0.135. The number of hydrogen-bond acceptors (Lipinski definition) is 2. The van der Waals surface area contributed by atoms with E-state index in [-0.39, 0.29) is 0 Å². The number of hydrogen-bond donors (Lipinski definition) is 1. The van der Waals surface area contributed by atoms with Crippen LogP contribution in [0.2, 0.25) is 5.02 Å². The number of ether oxygens (including phenoxy) is 1. The van der Waals surface area contributed by atoms with Gasteiger partial charge < -0.3 is 10.5 Å². The van der Waals surface area contributed by atoms with E-state index >= 15 is 0 Å². The van der Waals surface area contributed by atoms with Crippen LogP contribution >= 0.6 is 11.6 Å². The molecule has 1 aromatic carbocycles. The Morgan fingerprint density at radius 2 is 2.00 bits per heavy atom. The molecular formula is C14H20ClNO. The summed E-state index contributed by atoms with van der Waals surface area (Å²) in [6, 6.07) is 5.80. The van der Waals surface area contributed by atoms with Crippen LogP contribution in [0.15, 0.2) is 18.2 Å². The molecule has 0 amide bonds. The topological polar surface area (TPSA) is 35.2 Å². The maximum Gasteiger partial charge on any atom is 0.138 e. The van der Waals surface area contributed by atoms with Gasteiger partial charge in [0.05, 0.1) is 11.1 Å². The van der Waals surface area contributed by atoms with Crippen molar-refractivity contribution in [3.63, 3.8) is 0 Å². The quantitative estimate of drug-likeness (QED) is 0.890. The van der Waals surface area contributed by atoms with Crippen molar-refractivity contribution in [2.75, 3.05) is 0 Å².